The summed E-state index contributed by atoms with van der Waals surface area (Å²) in [7, 11) is -3.41. The van der Waals surface area contributed by atoms with E-state index in [2.05, 4.69) is 10.0 Å². The highest BCUT2D eigenvalue weighted by atomic mass is 32.2. The number of amides is 1. The number of rotatable bonds is 7. The molecule has 0 unspecified atom stereocenters. The lowest BCUT2D eigenvalue weighted by Crippen LogP contribution is -2.26. The molecule has 0 atom stereocenters. The van der Waals surface area contributed by atoms with Gasteiger partial charge in [0.2, 0.25) is 10.0 Å². The number of para-hydroxylation sites is 1. The third-order valence-corrected chi connectivity index (χ3v) is 2.97. The maximum Gasteiger partial charge on any atom is 0.253 e. The molecule has 4 N–H and O–H groups in total. The van der Waals surface area contributed by atoms with Gasteiger partial charge in [0.05, 0.1) is 17.5 Å². The molecule has 0 saturated carbocycles. The van der Waals surface area contributed by atoms with Crippen molar-refractivity contribution in [2.45, 2.75) is 12.8 Å². The van der Waals surface area contributed by atoms with E-state index in [-0.39, 0.29) is 11.6 Å². The van der Waals surface area contributed by atoms with E-state index in [4.69, 9.17) is 5.73 Å². The van der Waals surface area contributed by atoms with Gasteiger partial charge in [0.1, 0.15) is 0 Å². The van der Waals surface area contributed by atoms with Crippen molar-refractivity contribution < 1.29 is 13.2 Å². The minimum Gasteiger partial charge on any atom is -0.352 e. The average Bonchev–Trinajstić information content (AvgIpc) is 2.33. The molecule has 0 spiro atoms. The molecule has 1 aromatic carbocycles. The van der Waals surface area contributed by atoms with Crippen molar-refractivity contribution >= 4 is 21.6 Å². The summed E-state index contributed by atoms with van der Waals surface area (Å²) in [6, 6.07) is 6.47. The lowest BCUT2D eigenvalue weighted by molar-refractivity contribution is 0.0954. The van der Waals surface area contributed by atoms with Gasteiger partial charge < -0.3 is 11.1 Å². The van der Waals surface area contributed by atoms with Crippen molar-refractivity contribution in [1.82, 2.24) is 5.32 Å². The molecule has 19 heavy (non-hydrogen) atoms. The fourth-order valence-electron chi connectivity index (χ4n) is 1.54. The average molecular weight is 285 g/mol. The molecule has 0 aromatic heterocycles. The van der Waals surface area contributed by atoms with Crippen molar-refractivity contribution in [2.75, 3.05) is 24.1 Å². The van der Waals surface area contributed by atoms with Crippen LogP contribution < -0.4 is 15.8 Å². The van der Waals surface area contributed by atoms with Crippen LogP contribution in [0.4, 0.5) is 5.69 Å². The Kier molecular flexibility index (Phi) is 5.78. The predicted molar refractivity (Wildman–Crippen MR) is 75.5 cm³/mol. The van der Waals surface area contributed by atoms with Gasteiger partial charge in [-0.1, -0.05) is 12.1 Å². The monoisotopic (exact) mass is 285 g/mol. The topological polar surface area (TPSA) is 101 Å². The van der Waals surface area contributed by atoms with E-state index < -0.39 is 10.0 Å². The van der Waals surface area contributed by atoms with E-state index in [1.54, 1.807) is 24.3 Å². The summed E-state index contributed by atoms with van der Waals surface area (Å²) in [6.45, 7) is 1.10. The fraction of sp³-hybridized carbons (Fsp3) is 0.417. The van der Waals surface area contributed by atoms with Crippen LogP contribution in [0.3, 0.4) is 0 Å². The molecule has 0 saturated heterocycles. The molecule has 0 fully saturated rings. The van der Waals surface area contributed by atoms with Crippen molar-refractivity contribution in [1.29, 1.82) is 0 Å². The highest BCUT2D eigenvalue weighted by Gasteiger charge is 2.12. The smallest absolute Gasteiger partial charge is 0.253 e. The minimum atomic E-state index is -3.41. The van der Waals surface area contributed by atoms with Gasteiger partial charge >= 0.3 is 0 Å². The minimum absolute atomic E-state index is 0.279. The molecule has 6 nitrogen and oxygen atoms in total. The van der Waals surface area contributed by atoms with Crippen LogP contribution >= 0.6 is 0 Å². The zero-order chi connectivity index (χ0) is 14.3. The maximum atomic E-state index is 11.9. The van der Waals surface area contributed by atoms with Crippen LogP contribution in [0.5, 0.6) is 0 Å². The van der Waals surface area contributed by atoms with Gasteiger partial charge in [-0.25, -0.2) is 8.42 Å². The molecule has 0 aliphatic heterocycles. The van der Waals surface area contributed by atoms with Crippen LogP contribution in [0.25, 0.3) is 0 Å². The summed E-state index contributed by atoms with van der Waals surface area (Å²) in [4.78, 5) is 11.9. The number of nitrogens with two attached hydrogens (primary N) is 1. The second-order valence-electron chi connectivity index (χ2n) is 4.17. The molecule has 0 heterocycles. The molecule has 106 valence electrons. The van der Waals surface area contributed by atoms with Gasteiger partial charge in [0.25, 0.3) is 5.91 Å². The van der Waals surface area contributed by atoms with E-state index in [0.717, 1.165) is 19.1 Å². The number of nitrogens with one attached hydrogen (secondary N) is 2. The third-order valence-electron chi connectivity index (χ3n) is 2.38. The molecule has 0 bridgehead atoms. The Morgan fingerprint density at radius 1 is 1.26 bits per heavy atom. The molecule has 1 aromatic rings. The Balaban J connectivity index is 2.74. The molecule has 7 heteroatoms. The van der Waals surface area contributed by atoms with E-state index >= 15 is 0 Å². The second kappa shape index (κ2) is 7.10. The Morgan fingerprint density at radius 3 is 2.58 bits per heavy atom. The van der Waals surface area contributed by atoms with Crippen LogP contribution in [0.2, 0.25) is 0 Å². The summed E-state index contributed by atoms with van der Waals surface area (Å²) in [5.74, 6) is -0.302. The first kappa shape index (κ1) is 15.5. The first-order valence-electron chi connectivity index (χ1n) is 5.99. The number of hydrogen-bond acceptors (Lipinski definition) is 4. The van der Waals surface area contributed by atoms with Crippen molar-refractivity contribution in [3.63, 3.8) is 0 Å². The van der Waals surface area contributed by atoms with E-state index in [1.807, 2.05) is 0 Å². The number of benzene rings is 1. The Bertz CT molecular complexity index is 529. The van der Waals surface area contributed by atoms with E-state index in [0.29, 0.717) is 18.7 Å². The van der Waals surface area contributed by atoms with Crippen molar-refractivity contribution in [3.05, 3.63) is 29.8 Å². The fourth-order valence-corrected chi connectivity index (χ4v) is 2.11. The molecule has 1 amide bonds. The number of carbonyl (C=O) groups excluding carboxylic acids is 1. The van der Waals surface area contributed by atoms with Gasteiger partial charge in [0, 0.05) is 6.54 Å². The summed E-state index contributed by atoms with van der Waals surface area (Å²) in [5.41, 5.74) is 5.95. The number of anilines is 1. The van der Waals surface area contributed by atoms with Crippen molar-refractivity contribution in [3.8, 4) is 0 Å². The Morgan fingerprint density at radius 2 is 1.95 bits per heavy atom. The number of carbonyl (C=O) groups is 1. The highest BCUT2D eigenvalue weighted by Crippen LogP contribution is 2.15. The molecule has 0 aliphatic carbocycles. The molecule has 0 radical (unpaired) electrons. The van der Waals surface area contributed by atoms with E-state index in [1.165, 1.54) is 0 Å². The summed E-state index contributed by atoms with van der Waals surface area (Å²) in [5, 5.41) is 2.73. The highest BCUT2D eigenvalue weighted by molar-refractivity contribution is 7.92. The maximum absolute atomic E-state index is 11.9. The number of sulfonamides is 1. The quantitative estimate of drug-likeness (QED) is 0.636. The van der Waals surface area contributed by atoms with Gasteiger partial charge in [-0.2, -0.15) is 0 Å². The number of hydrogen-bond donors (Lipinski definition) is 3. The lowest BCUT2D eigenvalue weighted by atomic mass is 10.1. The normalized spacial score (nSPS) is 11.1. The molecular formula is C12H19N3O3S. The zero-order valence-electron chi connectivity index (χ0n) is 10.8. The van der Waals surface area contributed by atoms with Gasteiger partial charge in [-0.3, -0.25) is 9.52 Å². The zero-order valence-corrected chi connectivity index (χ0v) is 11.7. The standard InChI is InChI=1S/C12H19N3O3S/c1-19(17,18)15-11-7-3-2-6-10(11)12(16)14-9-5-4-8-13/h2-3,6-7,15H,4-5,8-9,13H2,1H3,(H,14,16). The number of unbranched alkanes of at least 4 members (excludes halogenated alkanes) is 1. The van der Waals surface area contributed by atoms with Crippen molar-refractivity contribution in [2.24, 2.45) is 5.73 Å². The van der Waals surface area contributed by atoms with Gasteiger partial charge in [0.15, 0.2) is 0 Å². The van der Waals surface area contributed by atoms with E-state index in [9.17, 15) is 13.2 Å². The molecule has 1 rings (SSSR count). The summed E-state index contributed by atoms with van der Waals surface area (Å²) < 4.78 is 24.8. The summed E-state index contributed by atoms with van der Waals surface area (Å²) in [6.07, 6.45) is 2.68. The first-order valence-corrected chi connectivity index (χ1v) is 7.88. The second-order valence-corrected chi connectivity index (χ2v) is 5.92. The molecule has 0 aliphatic rings. The molecular weight excluding hydrogens is 266 g/mol. The van der Waals surface area contributed by atoms with Crippen LogP contribution in [0.1, 0.15) is 23.2 Å². The summed E-state index contributed by atoms with van der Waals surface area (Å²) >= 11 is 0. The van der Waals surface area contributed by atoms with Gasteiger partial charge in [-0.05, 0) is 31.5 Å². The third kappa shape index (κ3) is 5.71. The van der Waals surface area contributed by atoms with Crippen LogP contribution in [0.15, 0.2) is 24.3 Å². The predicted octanol–water partition coefficient (Wildman–Crippen LogP) is 0.527. The SMILES string of the molecule is CS(=O)(=O)Nc1ccccc1C(=O)NCCCCN. The lowest BCUT2D eigenvalue weighted by Gasteiger charge is -2.10. The van der Waals surface area contributed by atoms with Gasteiger partial charge in [-0.15, -0.1) is 0 Å². The Hall–Kier alpha value is -1.60. The largest absolute Gasteiger partial charge is 0.352 e. The first-order chi connectivity index (χ1) is 8.94. The van der Waals surface area contributed by atoms with Crippen LogP contribution in [0, 0.1) is 0 Å². The Labute approximate surface area is 113 Å². The van der Waals surface area contributed by atoms with Crippen LogP contribution in [-0.4, -0.2) is 33.7 Å². The van der Waals surface area contributed by atoms with Crippen LogP contribution in [-0.2, 0) is 10.0 Å².